The highest BCUT2D eigenvalue weighted by molar-refractivity contribution is 8.00. The third-order valence-corrected chi connectivity index (χ3v) is 7.01. The van der Waals surface area contributed by atoms with Gasteiger partial charge in [-0.25, -0.2) is 18.0 Å². The van der Waals surface area contributed by atoms with Gasteiger partial charge < -0.3 is 15.5 Å². The number of hydroxylamine groups is 2. The number of thiol groups is 1. The van der Waals surface area contributed by atoms with Crippen molar-refractivity contribution in [3.8, 4) is 0 Å². The van der Waals surface area contributed by atoms with Gasteiger partial charge in [0, 0.05) is 17.4 Å². The van der Waals surface area contributed by atoms with Crippen molar-refractivity contribution in [2.75, 3.05) is 5.75 Å². The molecule has 3 rings (SSSR count). The molecule has 4 unspecified atom stereocenters. The van der Waals surface area contributed by atoms with Crippen LogP contribution in [0.5, 0.6) is 0 Å². The van der Waals surface area contributed by atoms with Crippen LogP contribution in [0.2, 0.25) is 0 Å². The second kappa shape index (κ2) is 7.82. The van der Waals surface area contributed by atoms with Crippen LogP contribution in [0, 0.1) is 0 Å². The number of amides is 4. The lowest BCUT2D eigenvalue weighted by atomic mass is 10.0. The van der Waals surface area contributed by atoms with Gasteiger partial charge in [-0.15, -0.1) is 5.06 Å². The van der Waals surface area contributed by atoms with Crippen LogP contribution in [-0.4, -0.2) is 65.6 Å². The third kappa shape index (κ3) is 3.95. The van der Waals surface area contributed by atoms with Crippen molar-refractivity contribution in [1.29, 1.82) is 0 Å². The first-order valence-corrected chi connectivity index (χ1v) is 10.6. The summed E-state index contributed by atoms with van der Waals surface area (Å²) in [4.78, 5) is 51.2. The fourth-order valence-electron chi connectivity index (χ4n) is 3.26. The molecule has 0 saturated carbocycles. The predicted molar refractivity (Wildman–Crippen MR) is 90.6 cm³/mol. The molecule has 4 atom stereocenters. The molecule has 3 saturated heterocycles. The fourth-order valence-corrected chi connectivity index (χ4v) is 5.39. The number of carbonyl (C=O) groups excluding carboxylic acids is 4. The van der Waals surface area contributed by atoms with Gasteiger partial charge in [0.15, 0.2) is 10.7 Å². The average molecular weight is 405 g/mol. The first-order valence-electron chi connectivity index (χ1n) is 8.26. The summed E-state index contributed by atoms with van der Waals surface area (Å²) < 4.78 is 21.8. The van der Waals surface area contributed by atoms with E-state index in [-0.39, 0.29) is 34.8 Å². The molecule has 3 fully saturated rings. The lowest BCUT2D eigenvalue weighted by Gasteiger charge is -2.16. The van der Waals surface area contributed by atoms with Crippen LogP contribution in [0.3, 0.4) is 0 Å². The monoisotopic (exact) mass is 405 g/mol. The Balaban J connectivity index is 1.38. The van der Waals surface area contributed by atoms with Crippen molar-refractivity contribution < 1.29 is 32.4 Å². The first kappa shape index (κ1) is 19.0. The highest BCUT2D eigenvalue weighted by Gasteiger charge is 2.44. The van der Waals surface area contributed by atoms with E-state index in [1.807, 2.05) is 0 Å². The number of thioether (sulfide) groups is 1. The molecule has 0 aliphatic carbocycles. The summed E-state index contributed by atoms with van der Waals surface area (Å²) in [5.41, 5.74) is 0. The third-order valence-electron chi connectivity index (χ3n) is 4.58. The number of nitrogens with one attached hydrogen (secondary N) is 2. The van der Waals surface area contributed by atoms with E-state index < -0.39 is 40.2 Å². The van der Waals surface area contributed by atoms with E-state index in [1.54, 1.807) is 11.8 Å². The topological polar surface area (TPSA) is 139 Å². The van der Waals surface area contributed by atoms with Crippen molar-refractivity contribution in [2.24, 2.45) is 0 Å². The number of urea groups is 1. The van der Waals surface area contributed by atoms with E-state index >= 15 is 0 Å². The van der Waals surface area contributed by atoms with E-state index in [0.717, 1.165) is 18.6 Å². The minimum atomic E-state index is -3.09. The molecule has 0 spiro atoms. The molecule has 3 heterocycles. The van der Waals surface area contributed by atoms with Gasteiger partial charge in [0.2, 0.25) is 0 Å². The van der Waals surface area contributed by atoms with Crippen LogP contribution in [0.1, 0.15) is 32.1 Å². The van der Waals surface area contributed by atoms with Crippen LogP contribution in [-0.2, 0) is 29.9 Å². The summed E-state index contributed by atoms with van der Waals surface area (Å²) in [5.74, 6) is -1.73. The molecule has 3 aliphatic heterocycles. The SMILES string of the molecule is O=C1NC2CSC(CCCCC(=O)ON3C(=O)CC([SH](=O)=O)C3=O)C2N1. The molecule has 0 bridgehead atoms. The van der Waals surface area contributed by atoms with Crippen molar-refractivity contribution in [1.82, 2.24) is 15.7 Å². The highest BCUT2D eigenvalue weighted by atomic mass is 32.2. The summed E-state index contributed by atoms with van der Waals surface area (Å²) in [6, 6.07) is 0.104. The van der Waals surface area contributed by atoms with Crippen LogP contribution in [0.4, 0.5) is 4.79 Å². The molecular formula is C14H19N3O7S2. The van der Waals surface area contributed by atoms with Gasteiger partial charge in [-0.05, 0) is 12.8 Å². The number of hydrogen-bond donors (Lipinski definition) is 3. The zero-order chi connectivity index (χ0) is 18.8. The summed E-state index contributed by atoms with van der Waals surface area (Å²) in [6.07, 6.45) is 1.57. The minimum Gasteiger partial charge on any atom is -0.332 e. The van der Waals surface area contributed by atoms with Gasteiger partial charge >= 0.3 is 12.0 Å². The Morgan fingerprint density at radius 1 is 1.23 bits per heavy atom. The second-order valence-corrected chi connectivity index (χ2v) is 8.83. The smallest absolute Gasteiger partial charge is 0.332 e. The summed E-state index contributed by atoms with van der Waals surface area (Å²) in [7, 11) is -3.09. The summed E-state index contributed by atoms with van der Waals surface area (Å²) >= 11 is 1.78. The maximum absolute atomic E-state index is 11.8. The fraction of sp³-hybridized carbons (Fsp3) is 0.714. The van der Waals surface area contributed by atoms with Gasteiger partial charge in [-0.3, -0.25) is 9.59 Å². The van der Waals surface area contributed by atoms with E-state index in [2.05, 4.69) is 10.6 Å². The zero-order valence-corrected chi connectivity index (χ0v) is 15.4. The lowest BCUT2D eigenvalue weighted by molar-refractivity contribution is -0.197. The molecule has 12 heteroatoms. The number of imide groups is 1. The number of unbranched alkanes of at least 4 members (excludes halogenated alkanes) is 1. The average Bonchev–Trinajstić information content (AvgIpc) is 3.20. The van der Waals surface area contributed by atoms with Gasteiger partial charge in [0.1, 0.15) is 5.25 Å². The Kier molecular flexibility index (Phi) is 5.70. The summed E-state index contributed by atoms with van der Waals surface area (Å²) in [5, 5.41) is 4.84. The maximum atomic E-state index is 11.8. The lowest BCUT2D eigenvalue weighted by Crippen LogP contribution is -2.36. The van der Waals surface area contributed by atoms with Crippen molar-refractivity contribution in [3.05, 3.63) is 0 Å². The molecule has 0 aromatic heterocycles. The molecule has 3 aliphatic rings. The molecule has 144 valence electrons. The van der Waals surface area contributed by atoms with E-state index in [1.165, 1.54) is 0 Å². The largest absolute Gasteiger partial charge is 0.333 e. The van der Waals surface area contributed by atoms with Crippen LogP contribution in [0.25, 0.3) is 0 Å². The number of fused-ring (bicyclic) bond motifs is 1. The molecule has 0 aromatic carbocycles. The molecule has 4 amide bonds. The van der Waals surface area contributed by atoms with E-state index in [4.69, 9.17) is 4.84 Å². The van der Waals surface area contributed by atoms with Gasteiger partial charge in [-0.1, -0.05) is 6.42 Å². The van der Waals surface area contributed by atoms with Crippen LogP contribution in [0.15, 0.2) is 0 Å². The number of carbonyl (C=O) groups is 4. The second-order valence-electron chi connectivity index (χ2n) is 6.36. The van der Waals surface area contributed by atoms with Gasteiger partial charge in [0.05, 0.1) is 18.5 Å². The number of hydrogen-bond acceptors (Lipinski definition) is 8. The molecular weight excluding hydrogens is 386 g/mol. The Morgan fingerprint density at radius 2 is 2.00 bits per heavy atom. The quantitative estimate of drug-likeness (QED) is 0.210. The van der Waals surface area contributed by atoms with E-state index in [0.29, 0.717) is 6.42 Å². The van der Waals surface area contributed by atoms with Gasteiger partial charge in [0.25, 0.3) is 11.8 Å². The molecule has 2 N–H and O–H groups in total. The van der Waals surface area contributed by atoms with Crippen molar-refractivity contribution >= 4 is 46.3 Å². The van der Waals surface area contributed by atoms with Crippen LogP contribution < -0.4 is 10.6 Å². The van der Waals surface area contributed by atoms with E-state index in [9.17, 15) is 27.6 Å². The zero-order valence-electron chi connectivity index (χ0n) is 13.7. The molecule has 0 radical (unpaired) electrons. The standard InChI is InChI=1S/C14H19N3O7S2/c18-10-5-9(26(22)23)13(20)17(10)24-11(19)4-2-1-3-8-12-7(6-25-8)15-14(21)16-12/h7-9,12,26H,1-6H2,(H2,15,16,21). The summed E-state index contributed by atoms with van der Waals surface area (Å²) in [6.45, 7) is 0. The normalized spacial score (nSPS) is 30.5. The minimum absolute atomic E-state index is 0.0152. The van der Waals surface area contributed by atoms with Gasteiger partial charge in [-0.2, -0.15) is 11.8 Å². The molecule has 10 nitrogen and oxygen atoms in total. The Labute approximate surface area is 155 Å². The Morgan fingerprint density at radius 3 is 2.69 bits per heavy atom. The Hall–Kier alpha value is -1.82. The molecule has 0 aromatic rings. The maximum Gasteiger partial charge on any atom is 0.333 e. The predicted octanol–water partition coefficient (Wildman–Crippen LogP) is -1.09. The first-order chi connectivity index (χ1) is 12.4. The molecule has 26 heavy (non-hydrogen) atoms. The number of nitrogens with zero attached hydrogens (tertiary/aromatic N) is 1. The number of rotatable bonds is 7. The van der Waals surface area contributed by atoms with Crippen LogP contribution >= 0.6 is 11.8 Å². The Bertz CT molecular complexity index is 703. The van der Waals surface area contributed by atoms with Crippen molar-refractivity contribution in [2.45, 2.75) is 54.7 Å². The highest BCUT2D eigenvalue weighted by Crippen LogP contribution is 2.33. The van der Waals surface area contributed by atoms with Crippen molar-refractivity contribution in [3.63, 3.8) is 0 Å².